The summed E-state index contributed by atoms with van der Waals surface area (Å²) in [7, 11) is 0. The lowest BCUT2D eigenvalue weighted by molar-refractivity contribution is -0.119. The monoisotopic (exact) mass is 250 g/mol. The maximum Gasteiger partial charge on any atom is 0.217 e. The first-order chi connectivity index (χ1) is 8.56. The third-order valence-electron chi connectivity index (χ3n) is 3.47. The SMILES string of the molecule is CC(=O)NC(C)[C@H]1CC[C@@H](c2cccc(F)c2)N1. The Hall–Kier alpha value is -1.42. The molecule has 1 aliphatic rings. The van der Waals surface area contributed by atoms with Crippen LogP contribution >= 0.6 is 0 Å². The number of hydrogen-bond acceptors (Lipinski definition) is 2. The molecule has 1 saturated heterocycles. The largest absolute Gasteiger partial charge is 0.352 e. The van der Waals surface area contributed by atoms with Crippen LogP contribution in [0.1, 0.15) is 38.3 Å². The van der Waals surface area contributed by atoms with Crippen molar-refractivity contribution < 1.29 is 9.18 Å². The first kappa shape index (κ1) is 13.0. The minimum absolute atomic E-state index is 0.0153. The van der Waals surface area contributed by atoms with Gasteiger partial charge in [0, 0.05) is 25.0 Å². The third-order valence-corrected chi connectivity index (χ3v) is 3.47. The van der Waals surface area contributed by atoms with Crippen LogP contribution in [0, 0.1) is 5.82 Å². The van der Waals surface area contributed by atoms with Gasteiger partial charge in [-0.2, -0.15) is 0 Å². The molecule has 1 unspecified atom stereocenters. The van der Waals surface area contributed by atoms with E-state index < -0.39 is 0 Å². The molecular weight excluding hydrogens is 231 g/mol. The summed E-state index contributed by atoms with van der Waals surface area (Å²) in [5.41, 5.74) is 0.979. The zero-order valence-corrected chi connectivity index (χ0v) is 10.7. The summed E-state index contributed by atoms with van der Waals surface area (Å²) >= 11 is 0. The molecule has 1 aromatic carbocycles. The number of rotatable bonds is 3. The molecule has 0 saturated carbocycles. The molecule has 0 bridgehead atoms. The molecule has 0 aromatic heterocycles. The van der Waals surface area contributed by atoms with E-state index in [2.05, 4.69) is 10.6 Å². The van der Waals surface area contributed by atoms with Crippen molar-refractivity contribution in [3.05, 3.63) is 35.6 Å². The highest BCUT2D eigenvalue weighted by atomic mass is 19.1. The molecule has 1 amide bonds. The average molecular weight is 250 g/mol. The minimum Gasteiger partial charge on any atom is -0.352 e. The van der Waals surface area contributed by atoms with Gasteiger partial charge < -0.3 is 10.6 Å². The van der Waals surface area contributed by atoms with Gasteiger partial charge in [0.05, 0.1) is 0 Å². The molecule has 3 nitrogen and oxygen atoms in total. The zero-order chi connectivity index (χ0) is 13.1. The molecule has 3 atom stereocenters. The molecule has 1 heterocycles. The molecule has 0 spiro atoms. The van der Waals surface area contributed by atoms with Crippen LogP contribution < -0.4 is 10.6 Å². The van der Waals surface area contributed by atoms with Crippen LogP contribution in [0.25, 0.3) is 0 Å². The van der Waals surface area contributed by atoms with Crippen LogP contribution in [0.5, 0.6) is 0 Å². The predicted octanol–water partition coefficient (Wildman–Crippen LogP) is 2.14. The highest BCUT2D eigenvalue weighted by Crippen LogP contribution is 2.28. The molecule has 0 radical (unpaired) electrons. The normalized spacial score (nSPS) is 24.8. The van der Waals surface area contributed by atoms with Gasteiger partial charge in [0.15, 0.2) is 0 Å². The van der Waals surface area contributed by atoms with Crippen LogP contribution in [0.2, 0.25) is 0 Å². The van der Waals surface area contributed by atoms with Crippen LogP contribution in [-0.4, -0.2) is 18.0 Å². The minimum atomic E-state index is -0.201. The number of carbonyl (C=O) groups excluding carboxylic acids is 1. The Labute approximate surface area is 107 Å². The summed E-state index contributed by atoms with van der Waals surface area (Å²) in [5, 5.41) is 6.35. The van der Waals surface area contributed by atoms with E-state index in [1.54, 1.807) is 12.1 Å². The molecule has 2 rings (SSSR count). The summed E-state index contributed by atoms with van der Waals surface area (Å²) in [6.07, 6.45) is 1.96. The van der Waals surface area contributed by atoms with Crippen LogP contribution in [0.15, 0.2) is 24.3 Å². The van der Waals surface area contributed by atoms with Gasteiger partial charge in [-0.15, -0.1) is 0 Å². The van der Waals surface area contributed by atoms with Gasteiger partial charge in [-0.05, 0) is 37.5 Å². The molecule has 98 valence electrons. The lowest BCUT2D eigenvalue weighted by Crippen LogP contribution is -2.45. The van der Waals surface area contributed by atoms with E-state index in [1.807, 2.05) is 13.0 Å². The van der Waals surface area contributed by atoms with Crippen molar-refractivity contribution in [1.29, 1.82) is 0 Å². The van der Waals surface area contributed by atoms with Gasteiger partial charge in [0.1, 0.15) is 5.82 Å². The van der Waals surface area contributed by atoms with E-state index in [1.165, 1.54) is 13.0 Å². The number of nitrogens with one attached hydrogen (secondary N) is 2. The smallest absolute Gasteiger partial charge is 0.217 e. The number of carbonyl (C=O) groups is 1. The number of halogens is 1. The average Bonchev–Trinajstić information content (AvgIpc) is 2.77. The third kappa shape index (κ3) is 3.07. The summed E-state index contributed by atoms with van der Waals surface area (Å²) in [6, 6.07) is 7.23. The van der Waals surface area contributed by atoms with E-state index in [-0.39, 0.29) is 29.8 Å². The van der Waals surface area contributed by atoms with Crippen molar-refractivity contribution in [2.24, 2.45) is 0 Å². The summed E-state index contributed by atoms with van der Waals surface area (Å²) in [6.45, 7) is 3.52. The van der Waals surface area contributed by atoms with E-state index in [4.69, 9.17) is 0 Å². The van der Waals surface area contributed by atoms with Crippen molar-refractivity contribution in [1.82, 2.24) is 10.6 Å². The fourth-order valence-electron chi connectivity index (χ4n) is 2.57. The quantitative estimate of drug-likeness (QED) is 0.863. The number of benzene rings is 1. The highest BCUT2D eigenvalue weighted by molar-refractivity contribution is 5.73. The van der Waals surface area contributed by atoms with E-state index >= 15 is 0 Å². The molecule has 18 heavy (non-hydrogen) atoms. The molecule has 1 fully saturated rings. The maximum absolute atomic E-state index is 13.2. The Morgan fingerprint density at radius 3 is 2.94 bits per heavy atom. The highest BCUT2D eigenvalue weighted by Gasteiger charge is 2.29. The van der Waals surface area contributed by atoms with Gasteiger partial charge in [-0.3, -0.25) is 4.79 Å². The second-order valence-electron chi connectivity index (χ2n) is 4.95. The second kappa shape index (κ2) is 5.48. The standard InChI is InChI=1S/C14H19FN2O/c1-9(16-10(2)18)13-6-7-14(17-13)11-4-3-5-12(15)8-11/h3-5,8-9,13-14,17H,6-7H2,1-2H3,(H,16,18)/t9?,13-,14+/m1/s1. The Balaban J connectivity index is 1.98. The molecule has 4 heteroatoms. The number of hydrogen-bond donors (Lipinski definition) is 2. The first-order valence-corrected chi connectivity index (χ1v) is 6.35. The topological polar surface area (TPSA) is 41.1 Å². The van der Waals surface area contributed by atoms with Crippen molar-refractivity contribution in [2.45, 2.75) is 44.8 Å². The number of amides is 1. The fourth-order valence-corrected chi connectivity index (χ4v) is 2.57. The molecule has 1 aliphatic heterocycles. The lowest BCUT2D eigenvalue weighted by Gasteiger charge is -2.21. The van der Waals surface area contributed by atoms with Crippen molar-refractivity contribution in [3.8, 4) is 0 Å². The van der Waals surface area contributed by atoms with Gasteiger partial charge in [-0.25, -0.2) is 4.39 Å². The van der Waals surface area contributed by atoms with Gasteiger partial charge in [0.2, 0.25) is 5.91 Å². The van der Waals surface area contributed by atoms with Crippen molar-refractivity contribution in [2.75, 3.05) is 0 Å². The lowest BCUT2D eigenvalue weighted by atomic mass is 10.0. The Morgan fingerprint density at radius 1 is 1.50 bits per heavy atom. The van der Waals surface area contributed by atoms with Crippen LogP contribution in [0.3, 0.4) is 0 Å². The molecular formula is C14H19FN2O. The Bertz CT molecular complexity index is 436. The van der Waals surface area contributed by atoms with Crippen molar-refractivity contribution in [3.63, 3.8) is 0 Å². The second-order valence-corrected chi connectivity index (χ2v) is 4.95. The Kier molecular flexibility index (Phi) is 3.97. The summed E-state index contributed by atoms with van der Waals surface area (Å²) < 4.78 is 13.2. The van der Waals surface area contributed by atoms with E-state index in [0.717, 1.165) is 18.4 Å². The maximum atomic E-state index is 13.2. The molecule has 1 aromatic rings. The van der Waals surface area contributed by atoms with Gasteiger partial charge in [-0.1, -0.05) is 12.1 Å². The van der Waals surface area contributed by atoms with E-state index in [0.29, 0.717) is 0 Å². The van der Waals surface area contributed by atoms with Crippen molar-refractivity contribution >= 4 is 5.91 Å². The Morgan fingerprint density at radius 2 is 2.28 bits per heavy atom. The zero-order valence-electron chi connectivity index (χ0n) is 10.7. The van der Waals surface area contributed by atoms with Gasteiger partial charge >= 0.3 is 0 Å². The first-order valence-electron chi connectivity index (χ1n) is 6.35. The van der Waals surface area contributed by atoms with Crippen LogP contribution in [0.4, 0.5) is 4.39 Å². The van der Waals surface area contributed by atoms with Gasteiger partial charge in [0.25, 0.3) is 0 Å². The fraction of sp³-hybridized carbons (Fsp3) is 0.500. The van der Waals surface area contributed by atoms with Crippen LogP contribution in [-0.2, 0) is 4.79 Å². The van der Waals surface area contributed by atoms with E-state index in [9.17, 15) is 9.18 Å². The summed E-state index contributed by atoms with van der Waals surface area (Å²) in [5.74, 6) is -0.217. The molecule has 2 N–H and O–H groups in total. The molecule has 0 aliphatic carbocycles. The predicted molar refractivity (Wildman–Crippen MR) is 68.6 cm³/mol. The summed E-state index contributed by atoms with van der Waals surface area (Å²) in [4.78, 5) is 11.0.